The van der Waals surface area contributed by atoms with Crippen molar-refractivity contribution >= 4 is 29.2 Å². The van der Waals surface area contributed by atoms with Crippen molar-refractivity contribution < 1.29 is 9.84 Å². The topological polar surface area (TPSA) is 46.5 Å². The Balaban J connectivity index is 2.31. The van der Waals surface area contributed by atoms with Gasteiger partial charge in [-0.05, 0) is 0 Å². The third-order valence-corrected chi connectivity index (χ3v) is 6.26. The summed E-state index contributed by atoms with van der Waals surface area (Å²) in [4.78, 5) is 12.2. The number of aromatic hydroxyl groups is 1. The molecule has 1 N–H and O–H groups in total. The summed E-state index contributed by atoms with van der Waals surface area (Å²) in [7, 11) is 1.56. The quantitative estimate of drug-likeness (QED) is 0.696. The van der Waals surface area contributed by atoms with Crippen LogP contribution in [0.15, 0.2) is 53.3 Å². The van der Waals surface area contributed by atoms with Crippen LogP contribution in [-0.2, 0) is 0 Å². The van der Waals surface area contributed by atoms with Gasteiger partial charge in [0.1, 0.15) is 0 Å². The molecule has 3 nitrogen and oxygen atoms in total. The molecule has 0 unspecified atom stereocenters. The first-order chi connectivity index (χ1) is 9.69. The van der Waals surface area contributed by atoms with Crippen LogP contribution < -0.4 is 10.2 Å². The first-order valence-corrected chi connectivity index (χ1v) is 8.42. The third-order valence-electron chi connectivity index (χ3n) is 3.08. The number of phenolic OH excluding ortho intramolecular Hbond substituents is 1. The van der Waals surface area contributed by atoms with Crippen molar-refractivity contribution in [3.63, 3.8) is 0 Å². The van der Waals surface area contributed by atoms with Crippen LogP contribution >= 0.6 is 0 Å². The van der Waals surface area contributed by atoms with Gasteiger partial charge in [0, 0.05) is 0 Å². The number of fused-ring (bicyclic) bond motifs is 1. The molecule has 0 saturated carbocycles. The van der Waals surface area contributed by atoms with Crippen LogP contribution in [0.25, 0.3) is 17.9 Å². The Hall–Kier alpha value is -1.76. The van der Waals surface area contributed by atoms with Crippen LogP contribution in [0.1, 0.15) is 0 Å². The number of hydrogen-bond acceptors (Lipinski definition) is 3. The number of ether oxygens (including phenoxy) is 1. The van der Waals surface area contributed by atoms with Gasteiger partial charge in [0.25, 0.3) is 0 Å². The maximum absolute atomic E-state index is 12.2. The Morgan fingerprint density at radius 1 is 1.10 bits per heavy atom. The van der Waals surface area contributed by atoms with Gasteiger partial charge in [-0.15, -0.1) is 0 Å². The van der Waals surface area contributed by atoms with Gasteiger partial charge in [0.2, 0.25) is 0 Å². The van der Waals surface area contributed by atoms with Crippen LogP contribution in [0, 0.1) is 0 Å². The van der Waals surface area contributed by atoms with Gasteiger partial charge in [0.15, 0.2) is 0 Å². The first kappa shape index (κ1) is 13.2. The van der Waals surface area contributed by atoms with Crippen molar-refractivity contribution in [3.05, 3.63) is 58.8 Å². The third kappa shape index (κ3) is 2.33. The van der Waals surface area contributed by atoms with Crippen molar-refractivity contribution in [2.24, 2.45) is 0 Å². The summed E-state index contributed by atoms with van der Waals surface area (Å²) in [6, 6.07) is 14.9. The summed E-state index contributed by atoms with van der Waals surface area (Å²) in [6.45, 7) is 0. The number of methoxy groups -OCH3 is 1. The Morgan fingerprint density at radius 2 is 1.85 bits per heavy atom. The Morgan fingerprint density at radius 3 is 2.55 bits per heavy atom. The van der Waals surface area contributed by atoms with Gasteiger partial charge in [0.05, 0.1) is 0 Å². The molecule has 1 aromatic heterocycles. The van der Waals surface area contributed by atoms with E-state index in [-0.39, 0.29) is 11.2 Å². The second kappa shape index (κ2) is 5.32. The molecule has 0 aliphatic carbocycles. The zero-order valence-electron chi connectivity index (χ0n) is 10.8. The zero-order chi connectivity index (χ0) is 14.1. The molecule has 0 spiro atoms. The normalized spacial score (nSPS) is 10.7. The van der Waals surface area contributed by atoms with Crippen LogP contribution in [0.2, 0.25) is 0 Å². The predicted octanol–water partition coefficient (Wildman–Crippen LogP) is 2.64. The van der Waals surface area contributed by atoms with Crippen molar-refractivity contribution in [1.29, 1.82) is 0 Å². The van der Waals surface area contributed by atoms with Crippen LogP contribution in [0.4, 0.5) is 0 Å². The van der Waals surface area contributed by atoms with Gasteiger partial charge in [-0.3, -0.25) is 0 Å². The zero-order valence-corrected chi connectivity index (χ0v) is 13.1. The van der Waals surface area contributed by atoms with Gasteiger partial charge in [-0.25, -0.2) is 0 Å². The summed E-state index contributed by atoms with van der Waals surface area (Å²) in [5.41, 5.74) is 0.951. The molecule has 2 aromatic carbocycles. The van der Waals surface area contributed by atoms with E-state index in [0.717, 1.165) is 12.5 Å². The molecule has 0 bridgehead atoms. The summed E-state index contributed by atoms with van der Waals surface area (Å²) >= 11 is -0.720. The fraction of sp³-hybridized carbons (Fsp3) is 0.0625. The van der Waals surface area contributed by atoms with E-state index < -0.39 is 20.4 Å². The molecule has 0 atom stereocenters. The van der Waals surface area contributed by atoms with Crippen molar-refractivity contribution in [1.82, 2.24) is 0 Å². The molecule has 3 rings (SSSR count). The summed E-state index contributed by atoms with van der Waals surface area (Å²) in [5.74, 6) is 0.603. The van der Waals surface area contributed by atoms with E-state index in [9.17, 15) is 9.90 Å². The van der Waals surface area contributed by atoms with Crippen LogP contribution in [0.5, 0.6) is 11.5 Å². The van der Waals surface area contributed by atoms with Crippen molar-refractivity contribution in [2.75, 3.05) is 7.11 Å². The van der Waals surface area contributed by atoms with E-state index in [1.54, 1.807) is 13.2 Å². The molecular formula is C16H12O3Te. The molecule has 20 heavy (non-hydrogen) atoms. The molecule has 3 aromatic rings. The molecule has 0 fully saturated rings. The van der Waals surface area contributed by atoms with Gasteiger partial charge >= 0.3 is 126 Å². The fourth-order valence-electron chi connectivity index (χ4n) is 2.11. The van der Waals surface area contributed by atoms with Gasteiger partial charge in [-0.2, -0.15) is 0 Å². The number of hydrogen-bond donors (Lipinski definition) is 1. The first-order valence-electron chi connectivity index (χ1n) is 6.09. The van der Waals surface area contributed by atoms with E-state index in [1.807, 2.05) is 36.4 Å². The number of phenols is 1. The fourth-order valence-corrected chi connectivity index (χ4v) is 5.36. The SMILES string of the molecule is COc1cc(O)c2c(=O)cc(-c3ccccc3)[te]c2c1. The van der Waals surface area contributed by atoms with E-state index in [1.165, 1.54) is 6.07 Å². The summed E-state index contributed by atoms with van der Waals surface area (Å²) < 4.78 is 7.18. The molecule has 4 heteroatoms. The van der Waals surface area contributed by atoms with E-state index in [4.69, 9.17) is 4.74 Å². The monoisotopic (exact) mass is 382 g/mol. The van der Waals surface area contributed by atoms with E-state index in [2.05, 4.69) is 0 Å². The molecule has 0 saturated heterocycles. The molecular weight excluding hydrogens is 368 g/mol. The van der Waals surface area contributed by atoms with Crippen LogP contribution in [-0.4, -0.2) is 32.6 Å². The Bertz CT molecular complexity index is 822. The molecule has 0 radical (unpaired) electrons. The minimum atomic E-state index is -0.720. The minimum absolute atomic E-state index is 0.0119. The second-order valence-electron chi connectivity index (χ2n) is 4.36. The number of benzene rings is 2. The average Bonchev–Trinajstić information content (AvgIpc) is 2.47. The average molecular weight is 380 g/mol. The summed E-state index contributed by atoms with van der Waals surface area (Å²) in [5, 5.41) is 10.4. The number of rotatable bonds is 2. The maximum atomic E-state index is 12.2. The molecule has 100 valence electrons. The molecule has 1 heterocycles. The molecule has 0 aliphatic rings. The Labute approximate surface area is 125 Å². The second-order valence-corrected chi connectivity index (χ2v) is 7.45. The van der Waals surface area contributed by atoms with Crippen molar-refractivity contribution in [2.45, 2.75) is 0 Å². The standard InChI is InChI=1S/C16H12O3Te/c1-19-11-7-12(17)16-13(18)9-14(20-15(16)8-11)10-5-3-2-4-6-10/h2-9,17H,1H3. The van der Waals surface area contributed by atoms with Crippen LogP contribution in [0.3, 0.4) is 0 Å². The molecule has 0 aliphatic heterocycles. The predicted molar refractivity (Wildman–Crippen MR) is 80.8 cm³/mol. The van der Waals surface area contributed by atoms with E-state index >= 15 is 0 Å². The summed E-state index contributed by atoms with van der Waals surface area (Å²) in [6.07, 6.45) is 0. The van der Waals surface area contributed by atoms with Crippen molar-refractivity contribution in [3.8, 4) is 20.6 Å². The Kier molecular flexibility index (Phi) is 3.52. The van der Waals surface area contributed by atoms with E-state index in [0.29, 0.717) is 11.1 Å². The van der Waals surface area contributed by atoms with Gasteiger partial charge in [-0.1, -0.05) is 0 Å². The van der Waals surface area contributed by atoms with Gasteiger partial charge < -0.3 is 0 Å². The molecule has 0 amide bonds.